The van der Waals surface area contributed by atoms with Crippen LogP contribution in [0.4, 0.5) is 5.82 Å². The second kappa shape index (κ2) is 5.80. The third-order valence-corrected chi connectivity index (χ3v) is 4.73. The van der Waals surface area contributed by atoms with E-state index in [0.717, 1.165) is 29.9 Å². The molecule has 1 N–H and O–H groups in total. The van der Waals surface area contributed by atoms with Crippen molar-refractivity contribution in [3.05, 3.63) is 22.3 Å². The molecular formula is C13H20BrN3S. The summed E-state index contributed by atoms with van der Waals surface area (Å²) < 4.78 is 1.35. The number of aromatic nitrogens is 1. The first kappa shape index (κ1) is 14.2. The van der Waals surface area contributed by atoms with Gasteiger partial charge >= 0.3 is 0 Å². The van der Waals surface area contributed by atoms with E-state index in [4.69, 9.17) is 0 Å². The Balaban J connectivity index is 2.26. The number of anilines is 1. The predicted octanol–water partition coefficient (Wildman–Crippen LogP) is 2.90. The van der Waals surface area contributed by atoms with E-state index < -0.39 is 0 Å². The number of halogens is 1. The summed E-state index contributed by atoms with van der Waals surface area (Å²) in [6.07, 6.45) is 1.89. The lowest BCUT2D eigenvalue weighted by molar-refractivity contribution is 0.637. The van der Waals surface area contributed by atoms with E-state index in [1.165, 1.54) is 11.3 Å². The van der Waals surface area contributed by atoms with E-state index in [1.54, 1.807) is 0 Å². The molecule has 0 saturated carbocycles. The van der Waals surface area contributed by atoms with Crippen LogP contribution in [0.25, 0.3) is 0 Å². The topological polar surface area (TPSA) is 28.2 Å². The molecule has 1 aliphatic rings. The Hall–Kier alpha value is -0.260. The van der Waals surface area contributed by atoms with Crippen LogP contribution in [0.1, 0.15) is 19.4 Å². The van der Waals surface area contributed by atoms with Crippen LogP contribution >= 0.6 is 27.7 Å². The number of thioether (sulfide) groups is 1. The van der Waals surface area contributed by atoms with E-state index in [9.17, 15) is 0 Å². The highest BCUT2D eigenvalue weighted by molar-refractivity contribution is 9.10. The molecule has 0 bridgehead atoms. The van der Waals surface area contributed by atoms with Crippen LogP contribution in [-0.2, 0) is 6.54 Å². The van der Waals surface area contributed by atoms with Gasteiger partial charge in [0.05, 0.1) is 0 Å². The summed E-state index contributed by atoms with van der Waals surface area (Å²) in [5.41, 5.74) is 1.26. The van der Waals surface area contributed by atoms with Crippen LogP contribution in [0, 0.1) is 0 Å². The smallest absolute Gasteiger partial charge is 0.133 e. The lowest BCUT2D eigenvalue weighted by Gasteiger charge is -2.39. The Bertz CT molecular complexity index is 423. The van der Waals surface area contributed by atoms with E-state index in [1.807, 2.05) is 25.0 Å². The van der Waals surface area contributed by atoms with E-state index in [-0.39, 0.29) is 0 Å². The van der Waals surface area contributed by atoms with Gasteiger partial charge in [-0.3, -0.25) is 0 Å². The number of pyridine rings is 1. The van der Waals surface area contributed by atoms with E-state index in [0.29, 0.717) is 4.75 Å². The quantitative estimate of drug-likeness (QED) is 0.922. The minimum absolute atomic E-state index is 0.309. The Morgan fingerprint density at radius 1 is 1.56 bits per heavy atom. The number of hydrogen-bond donors (Lipinski definition) is 1. The zero-order valence-corrected chi connectivity index (χ0v) is 13.6. The fourth-order valence-electron chi connectivity index (χ4n) is 2.28. The fraction of sp³-hybridized carbons (Fsp3) is 0.615. The Morgan fingerprint density at radius 3 is 3.00 bits per heavy atom. The molecule has 1 aromatic heterocycles. The molecule has 0 unspecified atom stereocenters. The van der Waals surface area contributed by atoms with Crippen molar-refractivity contribution in [1.29, 1.82) is 0 Å². The molecule has 1 saturated heterocycles. The molecule has 0 atom stereocenters. The average Bonchev–Trinajstić information content (AvgIpc) is 2.28. The molecule has 1 aromatic rings. The van der Waals surface area contributed by atoms with Gasteiger partial charge in [-0.25, -0.2) is 4.98 Å². The van der Waals surface area contributed by atoms with Crippen molar-refractivity contribution in [2.45, 2.75) is 25.1 Å². The number of nitrogens with one attached hydrogen (secondary N) is 1. The van der Waals surface area contributed by atoms with Gasteiger partial charge in [0.15, 0.2) is 0 Å². The van der Waals surface area contributed by atoms with Crippen LogP contribution in [0.15, 0.2) is 16.7 Å². The molecule has 100 valence electrons. The summed E-state index contributed by atoms with van der Waals surface area (Å²) in [4.78, 5) is 7.03. The van der Waals surface area contributed by atoms with Crippen LogP contribution in [0.3, 0.4) is 0 Å². The standard InChI is InChI=1S/C13H20BrN3S/c1-13(2)9-17(4-5-18-13)12-10(7-15-3)6-11(14)8-16-12/h6,8,15H,4-5,7,9H2,1-3H3. The van der Waals surface area contributed by atoms with Crippen molar-refractivity contribution in [3.63, 3.8) is 0 Å². The van der Waals surface area contributed by atoms with Gasteiger partial charge in [0.1, 0.15) is 5.82 Å². The molecule has 0 radical (unpaired) electrons. The molecule has 0 aromatic carbocycles. The fourth-order valence-corrected chi connectivity index (χ4v) is 3.77. The number of hydrogen-bond acceptors (Lipinski definition) is 4. The lowest BCUT2D eigenvalue weighted by atomic mass is 10.1. The first-order chi connectivity index (χ1) is 8.52. The minimum Gasteiger partial charge on any atom is -0.354 e. The summed E-state index contributed by atoms with van der Waals surface area (Å²) in [5, 5.41) is 3.22. The summed E-state index contributed by atoms with van der Waals surface area (Å²) in [7, 11) is 1.97. The highest BCUT2D eigenvalue weighted by atomic mass is 79.9. The molecule has 18 heavy (non-hydrogen) atoms. The van der Waals surface area contributed by atoms with Crippen molar-refractivity contribution < 1.29 is 0 Å². The third-order valence-electron chi connectivity index (χ3n) is 3.00. The van der Waals surface area contributed by atoms with Gasteiger partial charge in [-0.05, 0) is 42.9 Å². The summed E-state index contributed by atoms with van der Waals surface area (Å²) in [6, 6.07) is 2.16. The molecule has 2 heterocycles. The first-order valence-corrected chi connectivity index (χ1v) is 7.97. The highest BCUT2D eigenvalue weighted by Gasteiger charge is 2.28. The van der Waals surface area contributed by atoms with Crippen LogP contribution in [0.2, 0.25) is 0 Å². The molecular weight excluding hydrogens is 310 g/mol. The summed E-state index contributed by atoms with van der Waals surface area (Å²) in [5.74, 6) is 2.30. The monoisotopic (exact) mass is 329 g/mol. The van der Waals surface area contributed by atoms with Gasteiger partial charge in [0.25, 0.3) is 0 Å². The second-order valence-electron chi connectivity index (χ2n) is 5.20. The van der Waals surface area contributed by atoms with Gasteiger partial charge in [-0.2, -0.15) is 11.8 Å². The van der Waals surface area contributed by atoms with Crippen LogP contribution < -0.4 is 10.2 Å². The number of nitrogens with zero attached hydrogens (tertiary/aromatic N) is 2. The van der Waals surface area contributed by atoms with Crippen LogP contribution in [0.5, 0.6) is 0 Å². The average molecular weight is 330 g/mol. The summed E-state index contributed by atoms with van der Waals surface area (Å²) in [6.45, 7) is 7.61. The molecule has 0 amide bonds. The SMILES string of the molecule is CNCc1cc(Br)cnc1N1CCSC(C)(C)C1. The zero-order chi connectivity index (χ0) is 13.2. The third kappa shape index (κ3) is 3.39. The molecule has 0 aliphatic carbocycles. The molecule has 3 nitrogen and oxygen atoms in total. The van der Waals surface area contributed by atoms with Crippen LogP contribution in [-0.4, -0.2) is 35.6 Å². The maximum absolute atomic E-state index is 4.62. The summed E-state index contributed by atoms with van der Waals surface area (Å²) >= 11 is 5.55. The molecule has 0 spiro atoms. The normalized spacial score (nSPS) is 19.0. The van der Waals surface area contributed by atoms with Crippen molar-refractivity contribution in [1.82, 2.24) is 10.3 Å². The van der Waals surface area contributed by atoms with E-state index >= 15 is 0 Å². The van der Waals surface area contributed by atoms with Gasteiger partial charge < -0.3 is 10.2 Å². The van der Waals surface area contributed by atoms with Crippen molar-refractivity contribution in [2.24, 2.45) is 0 Å². The molecule has 2 rings (SSSR count). The predicted molar refractivity (Wildman–Crippen MR) is 83.5 cm³/mol. The highest BCUT2D eigenvalue weighted by Crippen LogP contribution is 2.33. The van der Waals surface area contributed by atoms with Gasteiger partial charge in [-0.1, -0.05) is 0 Å². The van der Waals surface area contributed by atoms with Crippen molar-refractivity contribution >= 4 is 33.5 Å². The van der Waals surface area contributed by atoms with Gasteiger partial charge in [-0.15, -0.1) is 0 Å². The Morgan fingerprint density at radius 2 is 2.33 bits per heavy atom. The number of rotatable bonds is 3. The zero-order valence-electron chi connectivity index (χ0n) is 11.2. The minimum atomic E-state index is 0.309. The molecule has 1 fully saturated rings. The molecule has 5 heteroatoms. The van der Waals surface area contributed by atoms with Crippen molar-refractivity contribution in [3.8, 4) is 0 Å². The van der Waals surface area contributed by atoms with Gasteiger partial charge in [0, 0.05) is 46.4 Å². The largest absolute Gasteiger partial charge is 0.354 e. The van der Waals surface area contributed by atoms with Gasteiger partial charge in [0.2, 0.25) is 0 Å². The second-order valence-corrected chi connectivity index (χ2v) is 7.91. The molecule has 1 aliphatic heterocycles. The maximum Gasteiger partial charge on any atom is 0.133 e. The van der Waals surface area contributed by atoms with E-state index in [2.05, 4.69) is 51.0 Å². The first-order valence-electron chi connectivity index (χ1n) is 6.20. The maximum atomic E-state index is 4.62. The lowest BCUT2D eigenvalue weighted by Crippen LogP contribution is -2.44. The Kier molecular flexibility index (Phi) is 4.56. The van der Waals surface area contributed by atoms with Crippen molar-refractivity contribution in [2.75, 3.05) is 30.8 Å². The Labute approximate surface area is 122 Å².